The number of carbonyl (C=O) groups excluding carboxylic acids is 2. The number of hydrogen-bond acceptors (Lipinski definition) is 6. The number of halogens is 1. The number of amides is 1. The number of benzene rings is 2. The molecule has 0 saturated carbocycles. The van der Waals surface area contributed by atoms with E-state index in [2.05, 4.69) is 0 Å². The predicted octanol–water partition coefficient (Wildman–Crippen LogP) is 4.98. The summed E-state index contributed by atoms with van der Waals surface area (Å²) in [5.74, 6) is -0.499. The van der Waals surface area contributed by atoms with Crippen molar-refractivity contribution in [1.29, 1.82) is 0 Å². The van der Waals surface area contributed by atoms with Crippen LogP contribution in [0.4, 0.5) is 0 Å². The van der Waals surface area contributed by atoms with Crippen LogP contribution in [-0.4, -0.2) is 48.6 Å². The van der Waals surface area contributed by atoms with E-state index < -0.39 is 17.7 Å². The van der Waals surface area contributed by atoms with Crippen LogP contribution in [0.5, 0.6) is 17.2 Å². The van der Waals surface area contributed by atoms with Gasteiger partial charge in [-0.2, -0.15) is 0 Å². The van der Waals surface area contributed by atoms with Crippen LogP contribution in [0.3, 0.4) is 0 Å². The number of nitrogens with zero attached hydrogens (tertiary/aromatic N) is 1. The number of ketones is 1. The number of likely N-dealkylation sites (tertiary alicyclic amines) is 1. The van der Waals surface area contributed by atoms with Gasteiger partial charge in [0.05, 0.1) is 42.5 Å². The largest absolute Gasteiger partial charge is 0.507 e. The van der Waals surface area contributed by atoms with E-state index in [0.717, 1.165) is 0 Å². The first-order chi connectivity index (χ1) is 15.7. The third kappa shape index (κ3) is 4.78. The maximum atomic E-state index is 13.1. The van der Waals surface area contributed by atoms with Gasteiger partial charge >= 0.3 is 0 Å². The Hall–Kier alpha value is -3.19. The lowest BCUT2D eigenvalue weighted by molar-refractivity contribution is -0.139. The number of aliphatic hydroxyl groups is 1. The fraction of sp³-hybridized carbons (Fsp3) is 0.360. The highest BCUT2D eigenvalue weighted by Gasteiger charge is 2.46. The highest BCUT2D eigenvalue weighted by Crippen LogP contribution is 2.43. The zero-order chi connectivity index (χ0) is 24.3. The summed E-state index contributed by atoms with van der Waals surface area (Å²) < 4.78 is 16.3. The zero-order valence-corrected chi connectivity index (χ0v) is 20.1. The van der Waals surface area contributed by atoms with Gasteiger partial charge < -0.3 is 24.2 Å². The predicted molar refractivity (Wildman–Crippen MR) is 126 cm³/mol. The summed E-state index contributed by atoms with van der Waals surface area (Å²) in [5.41, 5.74) is 0.854. The van der Waals surface area contributed by atoms with Crippen LogP contribution in [0.15, 0.2) is 42.0 Å². The molecule has 0 radical (unpaired) electrons. The number of rotatable bonds is 8. The van der Waals surface area contributed by atoms with Gasteiger partial charge in [-0.25, -0.2) is 0 Å². The third-order valence-corrected chi connectivity index (χ3v) is 5.60. The van der Waals surface area contributed by atoms with Gasteiger partial charge in [0.15, 0.2) is 0 Å². The molecule has 1 fully saturated rings. The van der Waals surface area contributed by atoms with E-state index in [4.69, 9.17) is 25.8 Å². The summed E-state index contributed by atoms with van der Waals surface area (Å²) in [5, 5.41) is 11.5. The van der Waals surface area contributed by atoms with Crippen molar-refractivity contribution in [2.24, 2.45) is 0 Å². The number of methoxy groups -OCH3 is 2. The van der Waals surface area contributed by atoms with Crippen molar-refractivity contribution in [2.45, 2.75) is 39.3 Å². The van der Waals surface area contributed by atoms with Crippen molar-refractivity contribution in [3.8, 4) is 17.2 Å². The van der Waals surface area contributed by atoms with Crippen molar-refractivity contribution in [1.82, 2.24) is 4.90 Å². The van der Waals surface area contributed by atoms with E-state index in [0.29, 0.717) is 30.0 Å². The Kier molecular flexibility index (Phi) is 7.53. The molecule has 0 spiro atoms. The number of aliphatic hydroxyl groups excluding tert-OH is 1. The average molecular weight is 474 g/mol. The molecule has 8 heteroatoms. The van der Waals surface area contributed by atoms with Crippen LogP contribution in [-0.2, 0) is 9.59 Å². The van der Waals surface area contributed by atoms with Crippen molar-refractivity contribution < 1.29 is 28.9 Å². The third-order valence-electron chi connectivity index (χ3n) is 5.30. The van der Waals surface area contributed by atoms with Crippen LogP contribution in [0.25, 0.3) is 5.76 Å². The highest BCUT2D eigenvalue weighted by atomic mass is 35.5. The second-order valence-electron chi connectivity index (χ2n) is 7.92. The molecule has 0 bridgehead atoms. The van der Waals surface area contributed by atoms with Gasteiger partial charge in [0.1, 0.15) is 23.0 Å². The van der Waals surface area contributed by atoms with Crippen LogP contribution < -0.4 is 14.2 Å². The maximum Gasteiger partial charge on any atom is 0.295 e. The molecule has 1 aliphatic rings. The van der Waals surface area contributed by atoms with Crippen LogP contribution in [0.2, 0.25) is 5.02 Å². The van der Waals surface area contributed by atoms with E-state index in [9.17, 15) is 14.7 Å². The second kappa shape index (κ2) is 10.2. The molecule has 1 unspecified atom stereocenters. The van der Waals surface area contributed by atoms with Gasteiger partial charge in [-0.15, -0.1) is 0 Å². The summed E-state index contributed by atoms with van der Waals surface area (Å²) in [7, 11) is 2.89. The lowest BCUT2D eigenvalue weighted by Gasteiger charge is -2.25. The lowest BCUT2D eigenvalue weighted by atomic mass is 9.94. The maximum absolute atomic E-state index is 13.1. The Morgan fingerprint density at radius 1 is 1.09 bits per heavy atom. The number of carbonyl (C=O) groups is 2. The van der Waals surface area contributed by atoms with Crippen molar-refractivity contribution in [3.05, 3.63) is 58.1 Å². The molecule has 1 N–H and O–H groups in total. The summed E-state index contributed by atoms with van der Waals surface area (Å²) >= 11 is 6.27. The molecular weight excluding hydrogens is 446 g/mol. The van der Waals surface area contributed by atoms with Crippen molar-refractivity contribution in [3.63, 3.8) is 0 Å². The van der Waals surface area contributed by atoms with Crippen molar-refractivity contribution in [2.75, 3.05) is 20.8 Å². The Bertz CT molecular complexity index is 1080. The van der Waals surface area contributed by atoms with Crippen LogP contribution in [0.1, 0.15) is 44.4 Å². The average Bonchev–Trinajstić information content (AvgIpc) is 3.04. The minimum Gasteiger partial charge on any atom is -0.507 e. The molecule has 0 aliphatic carbocycles. The fourth-order valence-electron chi connectivity index (χ4n) is 3.89. The number of hydrogen-bond donors (Lipinski definition) is 1. The Morgan fingerprint density at radius 3 is 2.27 bits per heavy atom. The number of Topliss-reactive ketones (excluding diaryl/α,β-unsaturated/α-hetero) is 1. The van der Waals surface area contributed by atoms with E-state index in [1.54, 1.807) is 24.3 Å². The molecule has 2 aromatic rings. The van der Waals surface area contributed by atoms with Gasteiger partial charge in [0.25, 0.3) is 11.7 Å². The SMILES string of the molecule is CCCN1C(=O)C(=O)/C(=C(/O)c2cc(Cl)c(OC)cc2OC)C1c1ccc(OC(C)C)cc1. The topological polar surface area (TPSA) is 85.3 Å². The molecule has 176 valence electrons. The molecule has 1 amide bonds. The molecule has 2 aromatic carbocycles. The standard InChI is InChI=1S/C25H28ClNO6/c1-6-11-27-22(15-7-9-16(10-8-15)33-14(2)3)21(24(29)25(27)30)23(28)17-12-18(26)20(32-5)13-19(17)31-4/h7-10,12-14,22,28H,6,11H2,1-5H3/b23-21+. The zero-order valence-electron chi connectivity index (χ0n) is 19.3. The van der Waals surface area contributed by atoms with Gasteiger partial charge in [0.2, 0.25) is 0 Å². The number of ether oxygens (including phenoxy) is 3. The van der Waals surface area contributed by atoms with Gasteiger partial charge in [-0.05, 0) is 44.0 Å². The quantitative estimate of drug-likeness (QED) is 0.331. The second-order valence-corrected chi connectivity index (χ2v) is 8.32. The van der Waals surface area contributed by atoms with Gasteiger partial charge in [0, 0.05) is 12.6 Å². The van der Waals surface area contributed by atoms with Gasteiger partial charge in [-0.1, -0.05) is 30.7 Å². The highest BCUT2D eigenvalue weighted by molar-refractivity contribution is 6.46. The Morgan fingerprint density at radius 2 is 1.73 bits per heavy atom. The van der Waals surface area contributed by atoms with E-state index >= 15 is 0 Å². The van der Waals surface area contributed by atoms with Crippen LogP contribution >= 0.6 is 11.6 Å². The monoisotopic (exact) mass is 473 g/mol. The molecule has 0 aromatic heterocycles. The summed E-state index contributed by atoms with van der Waals surface area (Å²) in [6.07, 6.45) is 0.657. The smallest absolute Gasteiger partial charge is 0.295 e. The first-order valence-electron chi connectivity index (χ1n) is 10.7. The molecule has 3 rings (SSSR count). The minimum atomic E-state index is -0.762. The molecule has 7 nitrogen and oxygen atoms in total. The first kappa shape index (κ1) is 24.5. The van der Waals surface area contributed by atoms with E-state index in [1.165, 1.54) is 31.3 Å². The molecule has 1 saturated heterocycles. The lowest BCUT2D eigenvalue weighted by Crippen LogP contribution is -2.30. The molecule has 33 heavy (non-hydrogen) atoms. The molecule has 1 aliphatic heterocycles. The van der Waals surface area contributed by atoms with E-state index in [-0.39, 0.29) is 33.8 Å². The molecule has 1 heterocycles. The summed E-state index contributed by atoms with van der Waals surface area (Å²) in [4.78, 5) is 27.4. The Labute approximate surface area is 198 Å². The van der Waals surface area contributed by atoms with Crippen molar-refractivity contribution >= 4 is 29.1 Å². The Balaban J connectivity index is 2.19. The molecule has 1 atom stereocenters. The van der Waals surface area contributed by atoms with Crippen LogP contribution in [0, 0.1) is 0 Å². The van der Waals surface area contributed by atoms with E-state index in [1.807, 2.05) is 20.8 Å². The first-order valence-corrected chi connectivity index (χ1v) is 11.1. The molecular formula is C25H28ClNO6. The summed E-state index contributed by atoms with van der Waals surface area (Å²) in [6.45, 7) is 6.13. The summed E-state index contributed by atoms with van der Waals surface area (Å²) in [6, 6.07) is 9.37. The van der Waals surface area contributed by atoms with Gasteiger partial charge in [-0.3, -0.25) is 9.59 Å². The normalized spacial score (nSPS) is 17.5. The fourth-order valence-corrected chi connectivity index (χ4v) is 4.13. The minimum absolute atomic E-state index is 0.00821.